The molecule has 0 fully saturated rings. The van der Waals surface area contributed by atoms with Gasteiger partial charge in [0.05, 0.1) is 5.45 Å². The maximum Gasteiger partial charge on any atom is 0.0539 e. The lowest BCUT2D eigenvalue weighted by molar-refractivity contribution is 0.401. The van der Waals surface area contributed by atoms with Crippen LogP contribution in [0.2, 0.25) is 0 Å². The minimum Gasteiger partial charge on any atom is -0.296 e. The van der Waals surface area contributed by atoms with Crippen LogP contribution in [0.3, 0.4) is 0 Å². The van der Waals surface area contributed by atoms with Gasteiger partial charge in [-0.15, -0.1) is 0 Å². The van der Waals surface area contributed by atoms with Gasteiger partial charge in [-0.05, 0) is 49.4 Å². The van der Waals surface area contributed by atoms with Crippen molar-refractivity contribution in [3.05, 3.63) is 34.9 Å². The maximum absolute atomic E-state index is 3.46. The molecule has 1 nitrogen and oxygen atoms in total. The fraction of sp³-hybridized carbons (Fsp3) is 0.538. The summed E-state index contributed by atoms with van der Waals surface area (Å²) >= 11 is 3.46. The Morgan fingerprint density at radius 1 is 1.27 bits per heavy atom. The van der Waals surface area contributed by atoms with Crippen LogP contribution in [-0.4, -0.2) is 23.9 Å². The van der Waals surface area contributed by atoms with Gasteiger partial charge >= 0.3 is 0 Å². The van der Waals surface area contributed by atoms with E-state index >= 15 is 0 Å². The van der Waals surface area contributed by atoms with Crippen molar-refractivity contribution in [2.45, 2.75) is 25.7 Å². The summed E-state index contributed by atoms with van der Waals surface area (Å²) in [5.74, 6) is 0. The number of aryl methyl sites for hydroxylation is 2. The van der Waals surface area contributed by atoms with Gasteiger partial charge in [-0.3, -0.25) is 4.90 Å². The largest absolute Gasteiger partial charge is 0.296 e. The molecule has 0 aliphatic heterocycles. The zero-order valence-corrected chi connectivity index (χ0v) is 10.9. The minimum atomic E-state index is 0.956. The summed E-state index contributed by atoms with van der Waals surface area (Å²) in [6, 6.07) is 7.03. The lowest BCUT2D eigenvalue weighted by Gasteiger charge is -2.13. The molecule has 2 rings (SSSR count). The number of alkyl halides is 1. The molecule has 0 radical (unpaired) electrons. The molecule has 0 heterocycles. The molecule has 0 bridgehead atoms. The van der Waals surface area contributed by atoms with E-state index in [9.17, 15) is 0 Å². The summed E-state index contributed by atoms with van der Waals surface area (Å²) in [6.45, 7) is 1.13. The third kappa shape index (κ3) is 2.82. The van der Waals surface area contributed by atoms with Crippen LogP contribution in [0, 0.1) is 0 Å². The van der Waals surface area contributed by atoms with Crippen molar-refractivity contribution < 1.29 is 0 Å². The number of benzene rings is 1. The average molecular weight is 268 g/mol. The number of likely N-dealkylation sites (N-methyl/N-ethyl adjacent to an activating group) is 1. The Hall–Kier alpha value is -0.340. The van der Waals surface area contributed by atoms with Crippen molar-refractivity contribution in [3.63, 3.8) is 0 Å². The molecule has 0 saturated heterocycles. The monoisotopic (exact) mass is 267 g/mol. The second-order valence-electron chi connectivity index (χ2n) is 4.41. The number of fused-ring (bicyclic) bond motifs is 1. The number of nitrogens with zero attached hydrogens (tertiary/aromatic N) is 1. The Morgan fingerprint density at radius 2 is 2.07 bits per heavy atom. The first-order valence-corrected chi connectivity index (χ1v) is 6.77. The molecule has 1 aromatic carbocycles. The standard InChI is InChI=1S/C13H18BrN/c1-15(10-14)8-7-11-5-6-12-3-2-4-13(12)9-11/h5-6,9H,2-4,7-8,10H2,1H3. The molecule has 0 unspecified atom stereocenters. The van der Waals surface area contributed by atoms with E-state index in [-0.39, 0.29) is 0 Å². The lowest BCUT2D eigenvalue weighted by atomic mass is 10.0. The van der Waals surface area contributed by atoms with Gasteiger partial charge in [0.25, 0.3) is 0 Å². The molecular formula is C13H18BrN. The van der Waals surface area contributed by atoms with Crippen LogP contribution in [0.4, 0.5) is 0 Å². The summed E-state index contributed by atoms with van der Waals surface area (Å²) < 4.78 is 0. The van der Waals surface area contributed by atoms with Gasteiger partial charge in [0.15, 0.2) is 0 Å². The summed E-state index contributed by atoms with van der Waals surface area (Å²) in [5.41, 5.74) is 5.61. The van der Waals surface area contributed by atoms with Gasteiger partial charge in [0, 0.05) is 6.54 Å². The predicted molar refractivity (Wildman–Crippen MR) is 68.6 cm³/mol. The molecule has 15 heavy (non-hydrogen) atoms. The highest BCUT2D eigenvalue weighted by atomic mass is 79.9. The summed E-state index contributed by atoms with van der Waals surface area (Å²) in [7, 11) is 2.14. The van der Waals surface area contributed by atoms with Crippen LogP contribution in [0.25, 0.3) is 0 Å². The molecule has 82 valence electrons. The average Bonchev–Trinajstić information content (AvgIpc) is 2.72. The second kappa shape index (κ2) is 5.13. The van der Waals surface area contributed by atoms with Crippen LogP contribution in [0.5, 0.6) is 0 Å². The van der Waals surface area contributed by atoms with Crippen molar-refractivity contribution in [3.8, 4) is 0 Å². The molecule has 0 atom stereocenters. The zero-order valence-electron chi connectivity index (χ0n) is 9.30. The normalized spacial score (nSPS) is 14.6. The fourth-order valence-electron chi connectivity index (χ4n) is 2.16. The Morgan fingerprint density at radius 3 is 2.87 bits per heavy atom. The molecule has 0 saturated carbocycles. The van der Waals surface area contributed by atoms with Crippen LogP contribution >= 0.6 is 15.9 Å². The molecule has 0 amide bonds. The highest BCUT2D eigenvalue weighted by Gasteiger charge is 2.10. The molecule has 0 spiro atoms. The fourth-order valence-corrected chi connectivity index (χ4v) is 2.41. The SMILES string of the molecule is CN(CBr)CCc1ccc2c(c1)CCC2. The Bertz CT molecular complexity index is 335. The smallest absolute Gasteiger partial charge is 0.0539 e. The highest BCUT2D eigenvalue weighted by Crippen LogP contribution is 2.22. The Balaban J connectivity index is 1.98. The number of hydrogen-bond donors (Lipinski definition) is 0. The van der Waals surface area contributed by atoms with Gasteiger partial charge in [-0.2, -0.15) is 0 Å². The van der Waals surface area contributed by atoms with E-state index in [1.807, 2.05) is 0 Å². The molecule has 0 N–H and O–H groups in total. The first kappa shape index (κ1) is 11.2. The third-order valence-corrected chi connectivity index (χ3v) is 4.01. The van der Waals surface area contributed by atoms with E-state index in [0.717, 1.165) is 18.4 Å². The molecule has 1 aliphatic carbocycles. The Labute approximate surface area is 101 Å². The first-order chi connectivity index (χ1) is 7.29. The van der Waals surface area contributed by atoms with Crippen LogP contribution in [0.15, 0.2) is 18.2 Å². The number of hydrogen-bond acceptors (Lipinski definition) is 1. The van der Waals surface area contributed by atoms with E-state index in [0.29, 0.717) is 0 Å². The van der Waals surface area contributed by atoms with Crippen LogP contribution < -0.4 is 0 Å². The summed E-state index contributed by atoms with van der Waals surface area (Å²) in [5, 5.41) is 0. The van der Waals surface area contributed by atoms with Crippen LogP contribution in [0.1, 0.15) is 23.1 Å². The topological polar surface area (TPSA) is 3.24 Å². The number of halogens is 1. The predicted octanol–water partition coefficient (Wildman–Crippen LogP) is 3.00. The molecule has 0 aromatic heterocycles. The molecular weight excluding hydrogens is 250 g/mol. The van der Waals surface area contributed by atoms with Crippen molar-refractivity contribution in [2.75, 3.05) is 19.0 Å². The van der Waals surface area contributed by atoms with E-state index in [1.165, 1.54) is 24.8 Å². The maximum atomic E-state index is 3.46. The van der Waals surface area contributed by atoms with Crippen molar-refractivity contribution in [1.29, 1.82) is 0 Å². The Kier molecular flexibility index (Phi) is 3.81. The van der Waals surface area contributed by atoms with Gasteiger partial charge in [-0.1, -0.05) is 34.1 Å². The van der Waals surface area contributed by atoms with Gasteiger partial charge in [-0.25, -0.2) is 0 Å². The van der Waals surface area contributed by atoms with E-state index in [1.54, 1.807) is 11.1 Å². The molecule has 2 heteroatoms. The summed E-state index contributed by atoms with van der Waals surface area (Å²) in [6.07, 6.45) is 5.09. The van der Waals surface area contributed by atoms with Crippen LogP contribution in [-0.2, 0) is 19.3 Å². The lowest BCUT2D eigenvalue weighted by Crippen LogP contribution is -2.18. The first-order valence-electron chi connectivity index (χ1n) is 5.65. The second-order valence-corrected chi connectivity index (χ2v) is 4.91. The van der Waals surface area contributed by atoms with Crippen molar-refractivity contribution >= 4 is 15.9 Å². The third-order valence-electron chi connectivity index (χ3n) is 3.15. The number of rotatable bonds is 4. The molecule has 1 aromatic rings. The highest BCUT2D eigenvalue weighted by molar-refractivity contribution is 9.09. The quantitative estimate of drug-likeness (QED) is 0.599. The van der Waals surface area contributed by atoms with E-state index in [2.05, 4.69) is 46.1 Å². The minimum absolute atomic E-state index is 0.956. The van der Waals surface area contributed by atoms with Gasteiger partial charge in [0.2, 0.25) is 0 Å². The van der Waals surface area contributed by atoms with E-state index < -0.39 is 0 Å². The van der Waals surface area contributed by atoms with Gasteiger partial charge in [0.1, 0.15) is 0 Å². The van der Waals surface area contributed by atoms with E-state index in [4.69, 9.17) is 0 Å². The molecule has 1 aliphatic rings. The summed E-state index contributed by atoms with van der Waals surface area (Å²) in [4.78, 5) is 2.28. The van der Waals surface area contributed by atoms with Crippen molar-refractivity contribution in [2.24, 2.45) is 0 Å². The van der Waals surface area contributed by atoms with Gasteiger partial charge < -0.3 is 0 Å². The van der Waals surface area contributed by atoms with Crippen molar-refractivity contribution in [1.82, 2.24) is 4.90 Å². The zero-order chi connectivity index (χ0) is 10.7.